The Morgan fingerprint density at radius 2 is 2.00 bits per heavy atom. The molecule has 0 unspecified atom stereocenters. The molecule has 76 valence electrons. The molecule has 0 amide bonds. The zero-order valence-electron chi connectivity index (χ0n) is 8.36. The summed E-state index contributed by atoms with van der Waals surface area (Å²) >= 11 is 0. The summed E-state index contributed by atoms with van der Waals surface area (Å²) in [6.45, 7) is 0. The van der Waals surface area contributed by atoms with Gasteiger partial charge in [0.25, 0.3) is 0 Å². The molecule has 0 radical (unpaired) electrons. The molecule has 1 fully saturated rings. The summed E-state index contributed by atoms with van der Waals surface area (Å²) in [6, 6.07) is 7.41. The van der Waals surface area contributed by atoms with Gasteiger partial charge in [-0.1, -0.05) is 24.0 Å². The minimum absolute atomic E-state index is 0.0797. The lowest BCUT2D eigenvalue weighted by Gasteiger charge is -1.96. The van der Waals surface area contributed by atoms with Crippen molar-refractivity contribution in [3.05, 3.63) is 35.4 Å². The van der Waals surface area contributed by atoms with Gasteiger partial charge in [0.1, 0.15) is 0 Å². The van der Waals surface area contributed by atoms with Crippen molar-refractivity contribution >= 4 is 5.97 Å². The minimum atomic E-state index is -0.799. The van der Waals surface area contributed by atoms with Crippen LogP contribution in [-0.4, -0.2) is 11.1 Å². The number of carbonyl (C=O) groups is 1. The van der Waals surface area contributed by atoms with Crippen LogP contribution in [0.25, 0.3) is 0 Å². The monoisotopic (exact) mass is 200 g/mol. The van der Waals surface area contributed by atoms with E-state index in [4.69, 9.17) is 5.11 Å². The molecule has 2 heteroatoms. The summed E-state index contributed by atoms with van der Waals surface area (Å²) in [4.78, 5) is 10.4. The number of hydrogen-bond donors (Lipinski definition) is 1. The number of carboxylic acid groups (broad SMARTS) is 1. The van der Waals surface area contributed by atoms with Gasteiger partial charge in [-0.05, 0) is 30.5 Å². The first-order chi connectivity index (χ1) is 7.24. The van der Waals surface area contributed by atoms with Crippen LogP contribution in [-0.2, 0) is 11.2 Å². The quantitative estimate of drug-likeness (QED) is 0.742. The summed E-state index contributed by atoms with van der Waals surface area (Å²) in [5.74, 6) is 6.06. The molecule has 15 heavy (non-hydrogen) atoms. The molecule has 1 aromatic rings. The van der Waals surface area contributed by atoms with Crippen LogP contribution in [0.15, 0.2) is 24.3 Å². The Labute approximate surface area is 88.9 Å². The van der Waals surface area contributed by atoms with E-state index in [1.807, 2.05) is 24.3 Å². The lowest BCUT2D eigenvalue weighted by Crippen LogP contribution is -1.99. The first kappa shape index (κ1) is 9.79. The highest BCUT2D eigenvalue weighted by Crippen LogP contribution is 2.27. The van der Waals surface area contributed by atoms with Crippen molar-refractivity contribution in [1.82, 2.24) is 0 Å². The van der Waals surface area contributed by atoms with E-state index >= 15 is 0 Å². The van der Waals surface area contributed by atoms with Crippen LogP contribution in [0.2, 0.25) is 0 Å². The van der Waals surface area contributed by atoms with Crippen molar-refractivity contribution < 1.29 is 9.90 Å². The molecule has 0 atom stereocenters. The predicted molar refractivity (Wildman–Crippen MR) is 57.4 cm³/mol. The van der Waals surface area contributed by atoms with Crippen LogP contribution in [0.4, 0.5) is 0 Å². The molecule has 2 rings (SSSR count). The summed E-state index contributed by atoms with van der Waals surface area (Å²) in [6.07, 6.45) is 2.53. The van der Waals surface area contributed by atoms with Crippen LogP contribution < -0.4 is 0 Å². The highest BCUT2D eigenvalue weighted by Gasteiger charge is 2.17. The lowest BCUT2D eigenvalue weighted by molar-refractivity contribution is -0.136. The minimum Gasteiger partial charge on any atom is -0.481 e. The van der Waals surface area contributed by atoms with Crippen molar-refractivity contribution in [3.63, 3.8) is 0 Å². The fourth-order valence-electron chi connectivity index (χ4n) is 1.29. The molecule has 1 N–H and O–H groups in total. The lowest BCUT2D eigenvalue weighted by atomic mass is 10.1. The van der Waals surface area contributed by atoms with E-state index in [1.165, 1.54) is 12.8 Å². The molecule has 0 bridgehead atoms. The highest BCUT2D eigenvalue weighted by molar-refractivity contribution is 5.70. The third-order valence-corrected chi connectivity index (χ3v) is 2.31. The number of carboxylic acids is 1. The summed E-state index contributed by atoms with van der Waals surface area (Å²) in [7, 11) is 0. The Balaban J connectivity index is 2.03. The number of rotatable bonds is 2. The van der Waals surface area contributed by atoms with Crippen LogP contribution in [0.5, 0.6) is 0 Å². The fourth-order valence-corrected chi connectivity index (χ4v) is 1.29. The summed E-state index contributed by atoms with van der Waals surface area (Å²) in [5, 5.41) is 8.59. The normalized spacial score (nSPS) is 14.1. The fraction of sp³-hybridized carbons (Fsp3) is 0.308. The number of benzene rings is 1. The maximum absolute atomic E-state index is 10.4. The average molecular weight is 200 g/mol. The van der Waals surface area contributed by atoms with Gasteiger partial charge in [0.2, 0.25) is 0 Å². The number of hydrogen-bond acceptors (Lipinski definition) is 1. The molecular formula is C13H12O2. The third-order valence-electron chi connectivity index (χ3n) is 2.31. The Bertz CT molecular complexity index is 416. The molecule has 1 aromatic carbocycles. The van der Waals surface area contributed by atoms with Crippen LogP contribution in [0, 0.1) is 17.8 Å². The van der Waals surface area contributed by atoms with Crippen LogP contribution in [0.3, 0.4) is 0 Å². The van der Waals surface area contributed by atoms with Gasteiger partial charge in [-0.2, -0.15) is 0 Å². The van der Waals surface area contributed by atoms with Gasteiger partial charge >= 0.3 is 5.97 Å². The van der Waals surface area contributed by atoms with E-state index in [-0.39, 0.29) is 6.42 Å². The van der Waals surface area contributed by atoms with E-state index in [1.54, 1.807) is 0 Å². The largest absolute Gasteiger partial charge is 0.481 e. The SMILES string of the molecule is O=C(O)Cc1ccc(C#CC2CC2)cc1. The zero-order chi connectivity index (χ0) is 10.7. The summed E-state index contributed by atoms with van der Waals surface area (Å²) in [5.41, 5.74) is 1.79. The van der Waals surface area contributed by atoms with Crippen molar-refractivity contribution in [2.75, 3.05) is 0 Å². The van der Waals surface area contributed by atoms with E-state index in [0.29, 0.717) is 5.92 Å². The van der Waals surface area contributed by atoms with E-state index in [9.17, 15) is 4.79 Å². The molecular weight excluding hydrogens is 188 g/mol. The van der Waals surface area contributed by atoms with Crippen molar-refractivity contribution in [1.29, 1.82) is 0 Å². The van der Waals surface area contributed by atoms with Crippen molar-refractivity contribution in [2.24, 2.45) is 5.92 Å². The maximum atomic E-state index is 10.4. The molecule has 0 spiro atoms. The van der Waals surface area contributed by atoms with E-state index in [2.05, 4.69) is 11.8 Å². The second-order valence-electron chi connectivity index (χ2n) is 3.81. The van der Waals surface area contributed by atoms with Gasteiger partial charge in [0.15, 0.2) is 0 Å². The highest BCUT2D eigenvalue weighted by atomic mass is 16.4. The van der Waals surface area contributed by atoms with Gasteiger partial charge in [-0.25, -0.2) is 0 Å². The maximum Gasteiger partial charge on any atom is 0.307 e. The number of aliphatic carboxylic acids is 1. The van der Waals surface area contributed by atoms with Crippen LogP contribution >= 0.6 is 0 Å². The van der Waals surface area contributed by atoms with Crippen molar-refractivity contribution in [3.8, 4) is 11.8 Å². The second-order valence-corrected chi connectivity index (χ2v) is 3.81. The molecule has 1 saturated carbocycles. The standard InChI is InChI=1S/C13H12O2/c14-13(15)9-12-7-5-11(6-8-12)4-3-10-1-2-10/h5-8,10H,1-2,9H2,(H,14,15). The predicted octanol–water partition coefficient (Wildman–Crippen LogP) is 2.08. The first-order valence-corrected chi connectivity index (χ1v) is 5.06. The first-order valence-electron chi connectivity index (χ1n) is 5.06. The topological polar surface area (TPSA) is 37.3 Å². The molecule has 2 nitrogen and oxygen atoms in total. The van der Waals surface area contributed by atoms with Gasteiger partial charge in [-0.3, -0.25) is 4.79 Å². The molecule has 0 aliphatic heterocycles. The van der Waals surface area contributed by atoms with Gasteiger partial charge < -0.3 is 5.11 Å². The smallest absolute Gasteiger partial charge is 0.307 e. The Morgan fingerprint density at radius 1 is 1.33 bits per heavy atom. The Hall–Kier alpha value is -1.75. The van der Waals surface area contributed by atoms with E-state index < -0.39 is 5.97 Å². The third kappa shape index (κ3) is 3.14. The molecule has 0 aromatic heterocycles. The van der Waals surface area contributed by atoms with Gasteiger partial charge in [-0.15, -0.1) is 0 Å². The molecule has 0 saturated heterocycles. The molecule has 1 aliphatic rings. The zero-order valence-corrected chi connectivity index (χ0v) is 8.36. The van der Waals surface area contributed by atoms with Gasteiger partial charge in [0, 0.05) is 11.5 Å². The second kappa shape index (κ2) is 4.18. The van der Waals surface area contributed by atoms with Crippen molar-refractivity contribution in [2.45, 2.75) is 19.3 Å². The molecule has 0 heterocycles. The van der Waals surface area contributed by atoms with Gasteiger partial charge in [0.05, 0.1) is 6.42 Å². The Kier molecular flexibility index (Phi) is 2.73. The summed E-state index contributed by atoms with van der Waals surface area (Å²) < 4.78 is 0. The molecule has 1 aliphatic carbocycles. The Morgan fingerprint density at radius 3 is 2.53 bits per heavy atom. The average Bonchev–Trinajstić information content (AvgIpc) is 2.99. The van der Waals surface area contributed by atoms with E-state index in [0.717, 1.165) is 11.1 Å². The van der Waals surface area contributed by atoms with Crippen LogP contribution in [0.1, 0.15) is 24.0 Å².